The summed E-state index contributed by atoms with van der Waals surface area (Å²) < 4.78 is 5.06. The second-order valence-electron chi connectivity index (χ2n) is 5.13. The Bertz CT molecular complexity index is 542. The van der Waals surface area contributed by atoms with Gasteiger partial charge in [0.2, 0.25) is 0 Å². The highest BCUT2D eigenvalue weighted by atomic mass is 16.5. The molecule has 6 heteroatoms. The van der Waals surface area contributed by atoms with E-state index in [-0.39, 0.29) is 0 Å². The van der Waals surface area contributed by atoms with Crippen molar-refractivity contribution in [1.82, 2.24) is 20.7 Å². The zero-order valence-electron chi connectivity index (χ0n) is 11.6. The fourth-order valence-corrected chi connectivity index (χ4v) is 2.66. The zero-order chi connectivity index (χ0) is 13.8. The third-order valence-corrected chi connectivity index (χ3v) is 3.59. The molecule has 1 N–H and O–H groups in total. The van der Waals surface area contributed by atoms with Crippen LogP contribution in [0.3, 0.4) is 0 Å². The van der Waals surface area contributed by atoms with Gasteiger partial charge in [0.25, 0.3) is 0 Å². The van der Waals surface area contributed by atoms with Crippen LogP contribution in [0.5, 0.6) is 0 Å². The van der Waals surface area contributed by atoms with Gasteiger partial charge in [0.05, 0.1) is 5.69 Å². The second kappa shape index (κ2) is 6.00. The minimum atomic E-state index is 0.472. The van der Waals surface area contributed by atoms with Gasteiger partial charge in [0.15, 0.2) is 5.82 Å². The van der Waals surface area contributed by atoms with E-state index in [1.54, 1.807) is 6.20 Å². The molecular formula is C14H19N5O. The summed E-state index contributed by atoms with van der Waals surface area (Å²) in [6.45, 7) is 4.61. The lowest BCUT2D eigenvalue weighted by atomic mass is 10.2. The SMILES string of the molecule is Cc1cc(CNCC2CCCN2c2cccnn2)no1. The molecule has 1 saturated heterocycles. The minimum absolute atomic E-state index is 0.472. The molecule has 3 heterocycles. The average Bonchev–Trinajstić information content (AvgIpc) is 3.09. The van der Waals surface area contributed by atoms with Crippen LogP contribution in [0.1, 0.15) is 24.3 Å². The fourth-order valence-electron chi connectivity index (χ4n) is 2.66. The molecule has 0 spiro atoms. The predicted molar refractivity (Wildman–Crippen MR) is 75.3 cm³/mol. The van der Waals surface area contributed by atoms with Crippen molar-refractivity contribution in [2.75, 3.05) is 18.0 Å². The first-order valence-corrected chi connectivity index (χ1v) is 7.00. The molecule has 1 atom stereocenters. The summed E-state index contributed by atoms with van der Waals surface area (Å²) in [6.07, 6.45) is 4.09. The van der Waals surface area contributed by atoms with Crippen LogP contribution in [-0.4, -0.2) is 34.5 Å². The Hall–Kier alpha value is -1.95. The first-order valence-electron chi connectivity index (χ1n) is 7.00. The predicted octanol–water partition coefficient (Wildman–Crippen LogP) is 1.53. The maximum Gasteiger partial charge on any atom is 0.151 e. The first-order chi connectivity index (χ1) is 9.83. The summed E-state index contributed by atoms with van der Waals surface area (Å²) in [4.78, 5) is 2.33. The van der Waals surface area contributed by atoms with E-state index >= 15 is 0 Å². The third-order valence-electron chi connectivity index (χ3n) is 3.59. The van der Waals surface area contributed by atoms with E-state index in [2.05, 4.69) is 25.6 Å². The molecule has 20 heavy (non-hydrogen) atoms. The van der Waals surface area contributed by atoms with Gasteiger partial charge >= 0.3 is 0 Å². The lowest BCUT2D eigenvalue weighted by Gasteiger charge is -2.25. The van der Waals surface area contributed by atoms with Crippen LogP contribution in [0.25, 0.3) is 0 Å². The average molecular weight is 273 g/mol. The molecule has 2 aromatic rings. The second-order valence-corrected chi connectivity index (χ2v) is 5.13. The quantitative estimate of drug-likeness (QED) is 0.891. The van der Waals surface area contributed by atoms with Crippen molar-refractivity contribution in [2.45, 2.75) is 32.4 Å². The molecule has 0 radical (unpaired) electrons. The van der Waals surface area contributed by atoms with Crippen LogP contribution in [0.2, 0.25) is 0 Å². The number of aryl methyl sites for hydroxylation is 1. The molecule has 1 aliphatic heterocycles. The van der Waals surface area contributed by atoms with E-state index in [0.29, 0.717) is 6.04 Å². The topological polar surface area (TPSA) is 67.1 Å². The molecule has 0 aliphatic carbocycles. The zero-order valence-corrected chi connectivity index (χ0v) is 11.6. The molecule has 1 unspecified atom stereocenters. The molecular weight excluding hydrogens is 254 g/mol. The Morgan fingerprint density at radius 3 is 3.20 bits per heavy atom. The van der Waals surface area contributed by atoms with Crippen molar-refractivity contribution in [3.8, 4) is 0 Å². The third kappa shape index (κ3) is 2.96. The van der Waals surface area contributed by atoms with Crippen LogP contribution in [0.15, 0.2) is 28.9 Å². The molecule has 0 amide bonds. The van der Waals surface area contributed by atoms with Gasteiger partial charge < -0.3 is 14.7 Å². The molecule has 6 nitrogen and oxygen atoms in total. The van der Waals surface area contributed by atoms with Crippen molar-refractivity contribution in [2.24, 2.45) is 0 Å². The number of nitrogens with one attached hydrogen (secondary N) is 1. The lowest BCUT2D eigenvalue weighted by Crippen LogP contribution is -2.38. The first kappa shape index (κ1) is 13.1. The molecule has 0 bridgehead atoms. The van der Waals surface area contributed by atoms with Crippen molar-refractivity contribution < 1.29 is 4.52 Å². The van der Waals surface area contributed by atoms with Crippen molar-refractivity contribution in [1.29, 1.82) is 0 Å². The van der Waals surface area contributed by atoms with E-state index in [1.807, 2.05) is 25.1 Å². The molecule has 0 saturated carbocycles. The molecule has 1 fully saturated rings. The summed E-state index contributed by atoms with van der Waals surface area (Å²) in [6, 6.07) is 6.39. The van der Waals surface area contributed by atoms with Crippen molar-refractivity contribution in [3.05, 3.63) is 35.9 Å². The van der Waals surface area contributed by atoms with E-state index in [4.69, 9.17) is 4.52 Å². The molecule has 3 rings (SSSR count). The van der Waals surface area contributed by atoms with Gasteiger partial charge in [-0.05, 0) is 31.9 Å². The van der Waals surface area contributed by atoms with Crippen LogP contribution < -0.4 is 10.2 Å². The van der Waals surface area contributed by atoms with Crippen LogP contribution >= 0.6 is 0 Å². The molecule has 106 valence electrons. The standard InChI is InChI=1S/C14H19N5O/c1-11-8-12(18-20-11)9-15-10-13-4-3-7-19(13)14-5-2-6-16-17-14/h2,5-6,8,13,15H,3-4,7,9-10H2,1H3. The van der Waals surface area contributed by atoms with Crippen molar-refractivity contribution in [3.63, 3.8) is 0 Å². The Morgan fingerprint density at radius 2 is 2.45 bits per heavy atom. The van der Waals surface area contributed by atoms with Gasteiger partial charge in [-0.2, -0.15) is 5.10 Å². The monoisotopic (exact) mass is 273 g/mol. The van der Waals surface area contributed by atoms with E-state index in [0.717, 1.165) is 36.9 Å². The highest BCUT2D eigenvalue weighted by Gasteiger charge is 2.25. The summed E-state index contributed by atoms with van der Waals surface area (Å²) >= 11 is 0. The molecule has 2 aromatic heterocycles. The summed E-state index contributed by atoms with van der Waals surface area (Å²) in [7, 11) is 0. The van der Waals surface area contributed by atoms with Crippen LogP contribution in [0.4, 0.5) is 5.82 Å². The van der Waals surface area contributed by atoms with Gasteiger partial charge in [-0.25, -0.2) is 0 Å². The van der Waals surface area contributed by atoms with Gasteiger partial charge in [0.1, 0.15) is 5.76 Å². The highest BCUT2D eigenvalue weighted by Crippen LogP contribution is 2.22. The smallest absolute Gasteiger partial charge is 0.151 e. The Kier molecular flexibility index (Phi) is 3.92. The fraction of sp³-hybridized carbons (Fsp3) is 0.500. The van der Waals surface area contributed by atoms with Gasteiger partial charge in [-0.1, -0.05) is 5.16 Å². The van der Waals surface area contributed by atoms with Gasteiger partial charge in [0, 0.05) is 37.9 Å². The summed E-state index contributed by atoms with van der Waals surface area (Å²) in [5.41, 5.74) is 0.951. The Labute approximate surface area is 118 Å². The van der Waals surface area contributed by atoms with Crippen LogP contribution in [-0.2, 0) is 6.54 Å². The Morgan fingerprint density at radius 1 is 1.50 bits per heavy atom. The molecule has 1 aliphatic rings. The van der Waals surface area contributed by atoms with E-state index in [9.17, 15) is 0 Å². The lowest BCUT2D eigenvalue weighted by molar-refractivity contribution is 0.387. The number of rotatable bonds is 5. The highest BCUT2D eigenvalue weighted by molar-refractivity contribution is 5.39. The van der Waals surface area contributed by atoms with E-state index < -0.39 is 0 Å². The Balaban J connectivity index is 1.54. The summed E-state index contributed by atoms with van der Waals surface area (Å²) in [5, 5.41) is 15.6. The number of anilines is 1. The number of aromatic nitrogens is 3. The number of nitrogens with zero attached hydrogens (tertiary/aromatic N) is 4. The largest absolute Gasteiger partial charge is 0.361 e. The maximum atomic E-state index is 5.06. The maximum absolute atomic E-state index is 5.06. The minimum Gasteiger partial charge on any atom is -0.361 e. The summed E-state index contributed by atoms with van der Waals surface area (Å²) in [5.74, 6) is 1.82. The number of hydrogen-bond donors (Lipinski definition) is 1. The van der Waals surface area contributed by atoms with Crippen LogP contribution in [0, 0.1) is 6.92 Å². The van der Waals surface area contributed by atoms with Gasteiger partial charge in [-0.15, -0.1) is 5.10 Å². The molecule has 0 aromatic carbocycles. The number of hydrogen-bond acceptors (Lipinski definition) is 6. The van der Waals surface area contributed by atoms with E-state index in [1.165, 1.54) is 12.8 Å². The normalized spacial score (nSPS) is 18.6. The van der Waals surface area contributed by atoms with Gasteiger partial charge in [-0.3, -0.25) is 0 Å². The van der Waals surface area contributed by atoms with Crippen molar-refractivity contribution >= 4 is 5.82 Å².